The number of carboxylic acids is 1. The van der Waals surface area contributed by atoms with Crippen LogP contribution in [0.15, 0.2) is 36.7 Å². The van der Waals surface area contributed by atoms with Gasteiger partial charge in [-0.15, -0.1) is 0 Å². The monoisotopic (exact) mass is 384 g/mol. The first-order valence-electron chi connectivity index (χ1n) is 10.2. The largest absolute Gasteiger partial charge is 0.493 e. The van der Waals surface area contributed by atoms with Crippen molar-refractivity contribution in [2.24, 2.45) is 0 Å². The number of hydrogen-bond acceptors (Lipinski definition) is 4. The molecule has 0 aliphatic rings. The van der Waals surface area contributed by atoms with Crippen LogP contribution in [0.5, 0.6) is 5.75 Å². The molecule has 0 spiro atoms. The van der Waals surface area contributed by atoms with Crippen molar-refractivity contribution >= 4 is 17.3 Å². The number of carbonyl (C=O) groups is 1. The van der Waals surface area contributed by atoms with Gasteiger partial charge in [0.2, 0.25) is 0 Å². The number of aromatic carboxylic acids is 1. The van der Waals surface area contributed by atoms with Gasteiger partial charge >= 0.3 is 5.97 Å². The van der Waals surface area contributed by atoms with E-state index in [1.54, 1.807) is 12.3 Å². The minimum atomic E-state index is -0.979. The van der Waals surface area contributed by atoms with E-state index in [-0.39, 0.29) is 5.56 Å². The second kappa shape index (κ2) is 10.7. The number of carboxylic acid groups (broad SMARTS) is 1. The number of ether oxygens (including phenoxy) is 1. The number of pyridine rings is 1. The van der Waals surface area contributed by atoms with E-state index in [1.807, 2.05) is 24.0 Å². The molecule has 0 radical (unpaired) electrons. The highest BCUT2D eigenvalue weighted by molar-refractivity contribution is 5.95. The van der Waals surface area contributed by atoms with Crippen LogP contribution >= 0.6 is 0 Å². The smallest absolute Gasteiger partial charge is 0.339 e. The summed E-state index contributed by atoms with van der Waals surface area (Å²) in [6.07, 6.45) is 7.67. The van der Waals surface area contributed by atoms with Crippen molar-refractivity contribution in [3.8, 4) is 5.75 Å². The summed E-state index contributed by atoms with van der Waals surface area (Å²) in [6.45, 7) is 9.86. The first-order valence-corrected chi connectivity index (χ1v) is 10.2. The molecule has 5 heteroatoms. The molecule has 152 valence electrons. The molecular weight excluding hydrogens is 352 g/mol. The van der Waals surface area contributed by atoms with Crippen molar-refractivity contribution in [2.75, 3.05) is 18.1 Å². The van der Waals surface area contributed by atoms with E-state index in [4.69, 9.17) is 4.74 Å². The van der Waals surface area contributed by atoms with Crippen LogP contribution < -0.4 is 9.64 Å². The summed E-state index contributed by atoms with van der Waals surface area (Å²) in [6, 6.07) is 7.90. The van der Waals surface area contributed by atoms with Crippen molar-refractivity contribution in [1.82, 2.24) is 4.98 Å². The molecule has 0 saturated heterocycles. The van der Waals surface area contributed by atoms with Crippen LogP contribution in [0.3, 0.4) is 0 Å². The zero-order valence-corrected chi connectivity index (χ0v) is 17.4. The Bertz CT molecular complexity index is 774. The van der Waals surface area contributed by atoms with E-state index in [1.165, 1.54) is 31.0 Å². The number of rotatable bonds is 11. The molecule has 2 aromatic rings. The molecule has 28 heavy (non-hydrogen) atoms. The summed E-state index contributed by atoms with van der Waals surface area (Å²) >= 11 is 0. The summed E-state index contributed by atoms with van der Waals surface area (Å²) in [5.74, 6) is 0.256. The SMILES string of the molecule is CCCCCCOc1cc(N(CC)c2ccncc2C(=O)O)ccc1C(C)C. The minimum Gasteiger partial charge on any atom is -0.493 e. The van der Waals surface area contributed by atoms with Gasteiger partial charge in [-0.2, -0.15) is 0 Å². The second-order valence-electron chi connectivity index (χ2n) is 7.23. The van der Waals surface area contributed by atoms with Crippen molar-refractivity contribution in [3.05, 3.63) is 47.8 Å². The molecule has 1 N–H and O–H groups in total. The molecule has 0 bridgehead atoms. The summed E-state index contributed by atoms with van der Waals surface area (Å²) in [4.78, 5) is 17.6. The lowest BCUT2D eigenvalue weighted by molar-refractivity contribution is 0.0697. The van der Waals surface area contributed by atoms with Gasteiger partial charge in [-0.05, 0) is 37.0 Å². The van der Waals surface area contributed by atoms with E-state index < -0.39 is 5.97 Å². The Kier molecular flexibility index (Phi) is 8.30. The van der Waals surface area contributed by atoms with Gasteiger partial charge < -0.3 is 14.7 Å². The molecular formula is C23H32N2O3. The minimum absolute atomic E-state index is 0.194. The summed E-state index contributed by atoms with van der Waals surface area (Å²) in [5, 5.41) is 9.52. The topological polar surface area (TPSA) is 62.7 Å². The maximum atomic E-state index is 11.6. The Labute approximate surface area is 168 Å². The van der Waals surface area contributed by atoms with Crippen molar-refractivity contribution in [2.45, 2.75) is 59.3 Å². The van der Waals surface area contributed by atoms with Crippen LogP contribution in [-0.4, -0.2) is 29.2 Å². The molecule has 5 nitrogen and oxygen atoms in total. The average molecular weight is 385 g/mol. The average Bonchev–Trinajstić information content (AvgIpc) is 2.68. The molecule has 0 aliphatic heterocycles. The summed E-state index contributed by atoms with van der Waals surface area (Å²) in [7, 11) is 0. The van der Waals surface area contributed by atoms with Crippen molar-refractivity contribution in [3.63, 3.8) is 0 Å². The first kappa shape index (κ1) is 21.7. The van der Waals surface area contributed by atoms with E-state index in [2.05, 4.69) is 31.8 Å². The van der Waals surface area contributed by atoms with E-state index in [0.717, 1.165) is 17.9 Å². The Morgan fingerprint density at radius 3 is 2.61 bits per heavy atom. The number of anilines is 2. The van der Waals surface area contributed by atoms with Crippen LogP contribution in [0.1, 0.15) is 75.2 Å². The molecule has 0 atom stereocenters. The zero-order chi connectivity index (χ0) is 20.5. The Balaban J connectivity index is 2.33. The maximum Gasteiger partial charge on any atom is 0.339 e. The van der Waals surface area contributed by atoms with Gasteiger partial charge in [0.1, 0.15) is 11.3 Å². The van der Waals surface area contributed by atoms with Gasteiger partial charge in [-0.25, -0.2) is 4.79 Å². The predicted molar refractivity (Wildman–Crippen MR) is 114 cm³/mol. The zero-order valence-electron chi connectivity index (χ0n) is 17.4. The fourth-order valence-corrected chi connectivity index (χ4v) is 3.28. The van der Waals surface area contributed by atoms with Crippen LogP contribution in [0.2, 0.25) is 0 Å². The number of hydrogen-bond donors (Lipinski definition) is 1. The van der Waals surface area contributed by atoms with Gasteiger partial charge in [0.25, 0.3) is 0 Å². The highest BCUT2D eigenvalue weighted by Crippen LogP contribution is 2.35. The molecule has 0 saturated carbocycles. The van der Waals surface area contributed by atoms with Crippen LogP contribution in [0, 0.1) is 0 Å². The molecule has 1 heterocycles. The van der Waals surface area contributed by atoms with Gasteiger partial charge in [0.15, 0.2) is 0 Å². The highest BCUT2D eigenvalue weighted by atomic mass is 16.5. The number of aromatic nitrogens is 1. The Morgan fingerprint density at radius 2 is 1.96 bits per heavy atom. The molecule has 1 aromatic heterocycles. The quantitative estimate of drug-likeness (QED) is 0.480. The third-order valence-electron chi connectivity index (χ3n) is 4.82. The lowest BCUT2D eigenvalue weighted by atomic mass is 10.0. The van der Waals surface area contributed by atoms with Gasteiger partial charge in [-0.3, -0.25) is 4.98 Å². The van der Waals surface area contributed by atoms with Crippen LogP contribution in [0.25, 0.3) is 0 Å². The lowest BCUT2D eigenvalue weighted by Crippen LogP contribution is -2.19. The van der Waals surface area contributed by atoms with Crippen LogP contribution in [0.4, 0.5) is 11.4 Å². The van der Waals surface area contributed by atoms with Gasteiger partial charge in [0.05, 0.1) is 12.3 Å². The van der Waals surface area contributed by atoms with E-state index >= 15 is 0 Å². The van der Waals surface area contributed by atoms with E-state index in [0.29, 0.717) is 24.8 Å². The number of unbranched alkanes of at least 4 members (excludes halogenated alkanes) is 3. The second-order valence-corrected chi connectivity index (χ2v) is 7.23. The number of nitrogens with zero attached hydrogens (tertiary/aromatic N) is 2. The fraction of sp³-hybridized carbons (Fsp3) is 0.478. The van der Waals surface area contributed by atoms with Gasteiger partial charge in [-0.1, -0.05) is 46.1 Å². The standard InChI is InChI=1S/C23H32N2O3/c1-5-7-8-9-14-28-22-15-18(10-11-19(22)17(3)4)25(6-2)21-12-13-24-16-20(21)23(26)27/h10-13,15-17H,5-9,14H2,1-4H3,(H,26,27). The predicted octanol–water partition coefficient (Wildman–Crippen LogP) is 6.02. The molecule has 0 aliphatic carbocycles. The third-order valence-corrected chi connectivity index (χ3v) is 4.82. The van der Waals surface area contributed by atoms with Gasteiger partial charge in [0, 0.05) is 30.7 Å². The first-order chi connectivity index (χ1) is 13.5. The highest BCUT2D eigenvalue weighted by Gasteiger charge is 2.18. The van der Waals surface area contributed by atoms with Crippen LogP contribution in [-0.2, 0) is 0 Å². The Hall–Kier alpha value is -2.56. The molecule has 1 aromatic carbocycles. The van der Waals surface area contributed by atoms with Crippen molar-refractivity contribution in [1.29, 1.82) is 0 Å². The lowest BCUT2D eigenvalue weighted by Gasteiger charge is -2.26. The number of benzene rings is 1. The fourth-order valence-electron chi connectivity index (χ4n) is 3.28. The molecule has 0 unspecified atom stereocenters. The summed E-state index contributed by atoms with van der Waals surface area (Å²) in [5.41, 5.74) is 2.92. The summed E-state index contributed by atoms with van der Waals surface area (Å²) < 4.78 is 6.14. The maximum absolute atomic E-state index is 11.6. The van der Waals surface area contributed by atoms with E-state index in [9.17, 15) is 9.90 Å². The third kappa shape index (κ3) is 5.47. The Morgan fingerprint density at radius 1 is 1.18 bits per heavy atom. The molecule has 2 rings (SSSR count). The normalized spacial score (nSPS) is 10.9. The van der Waals surface area contributed by atoms with Crippen molar-refractivity contribution < 1.29 is 14.6 Å². The molecule has 0 fully saturated rings. The molecule has 0 amide bonds.